The maximum atomic E-state index is 12.8. The fourth-order valence-corrected chi connectivity index (χ4v) is 3.57. The second-order valence-corrected chi connectivity index (χ2v) is 7.72. The number of nitrogens with zero attached hydrogens (tertiary/aromatic N) is 1. The van der Waals surface area contributed by atoms with Gasteiger partial charge in [0.15, 0.2) is 0 Å². The van der Waals surface area contributed by atoms with Crippen LogP contribution in [0.4, 0.5) is 5.69 Å². The molecule has 0 aliphatic rings. The van der Waals surface area contributed by atoms with Crippen LogP contribution in [0.3, 0.4) is 0 Å². The summed E-state index contributed by atoms with van der Waals surface area (Å²) in [6, 6.07) is 12.3. The van der Waals surface area contributed by atoms with E-state index in [2.05, 4.69) is 5.32 Å². The minimum absolute atomic E-state index is 0.00443. The number of hydrogen-bond donors (Lipinski definition) is 2. The molecule has 0 spiro atoms. The minimum Gasteiger partial charge on any atom is -0.396 e. The van der Waals surface area contributed by atoms with Gasteiger partial charge in [-0.1, -0.05) is 23.7 Å². The van der Waals surface area contributed by atoms with Crippen LogP contribution < -0.4 is 9.62 Å². The SMILES string of the molecule is CN(c1cccc(Cl)c1)S(=O)(=O)c1cccc(C(=O)NCCCO)c1. The van der Waals surface area contributed by atoms with E-state index in [1.807, 2.05) is 0 Å². The second-order valence-electron chi connectivity index (χ2n) is 5.31. The molecule has 0 heterocycles. The van der Waals surface area contributed by atoms with Gasteiger partial charge in [-0.15, -0.1) is 0 Å². The molecule has 2 rings (SSSR count). The largest absolute Gasteiger partial charge is 0.396 e. The highest BCUT2D eigenvalue weighted by atomic mass is 35.5. The highest BCUT2D eigenvalue weighted by Gasteiger charge is 2.22. The van der Waals surface area contributed by atoms with E-state index in [1.165, 1.54) is 31.3 Å². The number of carbonyl (C=O) groups is 1. The lowest BCUT2D eigenvalue weighted by Crippen LogP contribution is -2.28. The van der Waals surface area contributed by atoms with Crippen molar-refractivity contribution < 1.29 is 18.3 Å². The summed E-state index contributed by atoms with van der Waals surface area (Å²) in [7, 11) is -2.41. The zero-order valence-electron chi connectivity index (χ0n) is 13.6. The molecule has 0 aliphatic heterocycles. The van der Waals surface area contributed by atoms with E-state index in [9.17, 15) is 13.2 Å². The van der Waals surface area contributed by atoms with Crippen molar-refractivity contribution in [3.63, 3.8) is 0 Å². The van der Waals surface area contributed by atoms with Crippen molar-refractivity contribution in [3.8, 4) is 0 Å². The van der Waals surface area contributed by atoms with Crippen molar-refractivity contribution in [1.82, 2.24) is 5.32 Å². The number of rotatable bonds is 7. The molecule has 134 valence electrons. The summed E-state index contributed by atoms with van der Waals surface area (Å²) in [6.45, 7) is 0.286. The van der Waals surface area contributed by atoms with Gasteiger partial charge in [0.25, 0.3) is 15.9 Å². The van der Waals surface area contributed by atoms with Crippen LogP contribution in [0.2, 0.25) is 5.02 Å². The van der Waals surface area contributed by atoms with Gasteiger partial charge in [-0.25, -0.2) is 8.42 Å². The molecule has 6 nitrogen and oxygen atoms in total. The Balaban J connectivity index is 2.27. The Morgan fingerprint density at radius 2 is 1.92 bits per heavy atom. The molecule has 0 atom stereocenters. The van der Waals surface area contributed by atoms with E-state index >= 15 is 0 Å². The molecule has 0 aromatic heterocycles. The lowest BCUT2D eigenvalue weighted by Gasteiger charge is -2.20. The number of carbonyl (C=O) groups excluding carboxylic acids is 1. The number of halogens is 1. The number of anilines is 1. The Bertz CT molecular complexity index is 855. The maximum absolute atomic E-state index is 12.8. The van der Waals surface area contributed by atoms with E-state index in [1.54, 1.807) is 24.3 Å². The van der Waals surface area contributed by atoms with Crippen LogP contribution in [0.25, 0.3) is 0 Å². The summed E-state index contributed by atoms with van der Waals surface area (Å²) < 4.78 is 26.7. The molecular weight excluding hydrogens is 364 g/mol. The number of aliphatic hydroxyl groups excluding tert-OH is 1. The summed E-state index contributed by atoms with van der Waals surface area (Å²) in [4.78, 5) is 12.1. The average molecular weight is 383 g/mol. The standard InChI is InChI=1S/C17H19ClN2O4S/c1-20(15-7-3-6-14(18)12-15)25(23,24)16-8-2-5-13(11-16)17(22)19-9-4-10-21/h2-3,5-8,11-12,21H,4,9-10H2,1H3,(H,19,22). The fourth-order valence-electron chi connectivity index (χ4n) is 2.15. The van der Waals surface area contributed by atoms with Gasteiger partial charge in [-0.2, -0.15) is 0 Å². The molecule has 2 N–H and O–H groups in total. The summed E-state index contributed by atoms with van der Waals surface area (Å²) in [6.07, 6.45) is 0.432. The monoisotopic (exact) mass is 382 g/mol. The first kappa shape index (κ1) is 19.2. The number of hydrogen-bond acceptors (Lipinski definition) is 4. The Kier molecular flexibility index (Phi) is 6.41. The van der Waals surface area contributed by atoms with Crippen LogP contribution in [0.1, 0.15) is 16.8 Å². The molecule has 2 aromatic carbocycles. The molecule has 25 heavy (non-hydrogen) atoms. The Morgan fingerprint density at radius 1 is 1.20 bits per heavy atom. The van der Waals surface area contributed by atoms with Crippen molar-refractivity contribution in [2.45, 2.75) is 11.3 Å². The first-order chi connectivity index (χ1) is 11.9. The van der Waals surface area contributed by atoms with Crippen LogP contribution in [-0.2, 0) is 10.0 Å². The summed E-state index contributed by atoms with van der Waals surface area (Å²) in [5.41, 5.74) is 0.656. The van der Waals surface area contributed by atoms with Crippen molar-refractivity contribution in [2.75, 3.05) is 24.5 Å². The lowest BCUT2D eigenvalue weighted by atomic mass is 10.2. The van der Waals surface area contributed by atoms with Gasteiger partial charge in [0.1, 0.15) is 0 Å². The first-order valence-corrected chi connectivity index (χ1v) is 9.41. The molecule has 0 fully saturated rings. The molecule has 0 saturated heterocycles. The third-order valence-corrected chi connectivity index (χ3v) is 5.56. The van der Waals surface area contributed by atoms with E-state index in [-0.39, 0.29) is 17.1 Å². The summed E-state index contributed by atoms with van der Waals surface area (Å²) >= 11 is 5.92. The zero-order valence-corrected chi connectivity index (χ0v) is 15.2. The van der Waals surface area contributed by atoms with Crippen molar-refractivity contribution in [2.24, 2.45) is 0 Å². The van der Waals surface area contributed by atoms with Crippen LogP contribution in [0, 0.1) is 0 Å². The molecule has 1 amide bonds. The van der Waals surface area contributed by atoms with Gasteiger partial charge in [0.2, 0.25) is 0 Å². The molecule has 0 saturated carbocycles. The first-order valence-electron chi connectivity index (χ1n) is 7.60. The number of benzene rings is 2. The second kappa shape index (κ2) is 8.33. The van der Waals surface area contributed by atoms with E-state index in [4.69, 9.17) is 16.7 Å². The van der Waals surface area contributed by atoms with Crippen LogP contribution in [0.15, 0.2) is 53.4 Å². The minimum atomic E-state index is -3.84. The summed E-state index contributed by atoms with van der Waals surface area (Å²) in [5, 5.41) is 11.8. The number of sulfonamides is 1. The fraction of sp³-hybridized carbons (Fsp3) is 0.235. The van der Waals surface area contributed by atoms with Crippen molar-refractivity contribution >= 4 is 33.2 Å². The molecule has 0 aliphatic carbocycles. The zero-order chi connectivity index (χ0) is 18.4. The molecular formula is C17H19ClN2O4S. The highest BCUT2D eigenvalue weighted by Crippen LogP contribution is 2.25. The normalized spacial score (nSPS) is 11.2. The van der Waals surface area contributed by atoms with E-state index in [0.717, 1.165) is 4.31 Å². The van der Waals surface area contributed by atoms with Gasteiger partial charge < -0.3 is 10.4 Å². The highest BCUT2D eigenvalue weighted by molar-refractivity contribution is 7.92. The van der Waals surface area contributed by atoms with Crippen LogP contribution in [-0.4, -0.2) is 39.6 Å². The number of nitrogens with one attached hydrogen (secondary N) is 1. The molecule has 0 radical (unpaired) electrons. The Labute approximate surface area is 152 Å². The van der Waals surface area contributed by atoms with Crippen LogP contribution in [0.5, 0.6) is 0 Å². The molecule has 8 heteroatoms. The predicted octanol–water partition coefficient (Wildman–Crippen LogP) is 2.28. The van der Waals surface area contributed by atoms with E-state index < -0.39 is 15.9 Å². The van der Waals surface area contributed by atoms with Crippen molar-refractivity contribution in [1.29, 1.82) is 0 Å². The number of amides is 1. The quantitative estimate of drug-likeness (QED) is 0.719. The smallest absolute Gasteiger partial charge is 0.264 e. The van der Waals surface area contributed by atoms with E-state index in [0.29, 0.717) is 23.7 Å². The van der Waals surface area contributed by atoms with Crippen LogP contribution >= 0.6 is 11.6 Å². The topological polar surface area (TPSA) is 86.7 Å². The third-order valence-electron chi connectivity index (χ3n) is 3.55. The third kappa shape index (κ3) is 4.72. The van der Waals surface area contributed by atoms with Gasteiger partial charge in [-0.05, 0) is 42.8 Å². The Hall–Kier alpha value is -2.09. The molecule has 0 bridgehead atoms. The van der Waals surface area contributed by atoms with Gasteiger partial charge >= 0.3 is 0 Å². The maximum Gasteiger partial charge on any atom is 0.264 e. The lowest BCUT2D eigenvalue weighted by molar-refractivity contribution is 0.0951. The van der Waals surface area contributed by atoms with Gasteiger partial charge in [0, 0.05) is 30.8 Å². The molecule has 0 unspecified atom stereocenters. The number of aliphatic hydroxyl groups is 1. The molecule has 2 aromatic rings. The van der Waals surface area contributed by atoms with Gasteiger partial charge in [-0.3, -0.25) is 9.10 Å². The average Bonchev–Trinajstić information content (AvgIpc) is 2.61. The van der Waals surface area contributed by atoms with Gasteiger partial charge in [0.05, 0.1) is 10.6 Å². The Morgan fingerprint density at radius 3 is 2.60 bits per heavy atom. The van der Waals surface area contributed by atoms with Crippen molar-refractivity contribution in [3.05, 3.63) is 59.1 Å². The summed E-state index contributed by atoms with van der Waals surface area (Å²) in [5.74, 6) is -0.393. The predicted molar refractivity (Wildman–Crippen MR) is 97.5 cm³/mol.